The average molecular weight is 453 g/mol. The lowest BCUT2D eigenvalue weighted by molar-refractivity contribution is -0.384. The standard InChI is InChI=1S/C20H28N4O4S2/c1-15(2)23(3)12-11-16(14-29-17-7-5-4-6-8-17)22-19-10-9-18(30(21,27)28)13-20(19)24(25)26/h4-10,13,15-16,22H,11-12,14H2,1-3H3,(H2,21,27,28)/t16-/m1/s1. The monoisotopic (exact) mass is 452 g/mol. The van der Waals surface area contributed by atoms with E-state index in [0.29, 0.717) is 11.8 Å². The molecule has 8 nitrogen and oxygen atoms in total. The van der Waals surface area contributed by atoms with Crippen LogP contribution in [0.4, 0.5) is 11.4 Å². The number of nitrogens with zero attached hydrogens (tertiary/aromatic N) is 2. The zero-order valence-electron chi connectivity index (χ0n) is 17.3. The van der Waals surface area contributed by atoms with Crippen LogP contribution in [-0.4, -0.2) is 49.7 Å². The van der Waals surface area contributed by atoms with Gasteiger partial charge in [0.2, 0.25) is 10.0 Å². The maximum atomic E-state index is 11.6. The Morgan fingerprint density at radius 2 is 1.87 bits per heavy atom. The fourth-order valence-electron chi connectivity index (χ4n) is 2.71. The highest BCUT2D eigenvalue weighted by molar-refractivity contribution is 7.99. The highest BCUT2D eigenvalue weighted by atomic mass is 32.2. The van der Waals surface area contributed by atoms with Crippen molar-refractivity contribution in [1.82, 2.24) is 4.90 Å². The van der Waals surface area contributed by atoms with Crippen molar-refractivity contribution < 1.29 is 13.3 Å². The first kappa shape index (κ1) is 24.1. The van der Waals surface area contributed by atoms with Gasteiger partial charge in [-0.05, 0) is 51.6 Å². The van der Waals surface area contributed by atoms with Crippen LogP contribution in [-0.2, 0) is 10.0 Å². The molecule has 0 fully saturated rings. The summed E-state index contributed by atoms with van der Waals surface area (Å²) in [6, 6.07) is 13.9. The van der Waals surface area contributed by atoms with Crippen LogP contribution in [0.3, 0.4) is 0 Å². The molecule has 1 atom stereocenters. The Morgan fingerprint density at radius 3 is 2.43 bits per heavy atom. The van der Waals surface area contributed by atoms with Gasteiger partial charge in [0.05, 0.1) is 9.82 Å². The van der Waals surface area contributed by atoms with Crippen molar-refractivity contribution >= 4 is 33.2 Å². The molecular formula is C20H28N4O4S2. The number of primary sulfonamides is 1. The van der Waals surface area contributed by atoms with Crippen LogP contribution < -0.4 is 10.5 Å². The normalized spacial score (nSPS) is 12.9. The second-order valence-electron chi connectivity index (χ2n) is 7.31. The van der Waals surface area contributed by atoms with Crippen molar-refractivity contribution in [2.45, 2.75) is 42.1 Å². The second kappa shape index (κ2) is 10.8. The molecule has 2 rings (SSSR count). The lowest BCUT2D eigenvalue weighted by atomic mass is 10.2. The summed E-state index contributed by atoms with van der Waals surface area (Å²) in [5.41, 5.74) is -0.0355. The van der Waals surface area contributed by atoms with Crippen LogP contribution in [0, 0.1) is 10.1 Å². The van der Waals surface area contributed by atoms with Gasteiger partial charge in [0.1, 0.15) is 5.69 Å². The fraction of sp³-hybridized carbons (Fsp3) is 0.400. The van der Waals surface area contributed by atoms with Crippen molar-refractivity contribution in [1.29, 1.82) is 0 Å². The number of sulfonamides is 1. The quantitative estimate of drug-likeness (QED) is 0.304. The third kappa shape index (κ3) is 7.28. The molecule has 0 aliphatic rings. The van der Waals surface area contributed by atoms with Gasteiger partial charge in [-0.15, -0.1) is 11.8 Å². The molecule has 0 saturated carbocycles. The summed E-state index contributed by atoms with van der Waals surface area (Å²) in [4.78, 5) is 14.0. The maximum Gasteiger partial charge on any atom is 0.293 e. The van der Waals surface area contributed by atoms with Gasteiger partial charge in [-0.2, -0.15) is 0 Å². The van der Waals surface area contributed by atoms with Crippen molar-refractivity contribution in [3.63, 3.8) is 0 Å². The molecule has 0 radical (unpaired) electrons. The smallest absolute Gasteiger partial charge is 0.293 e. The van der Waals surface area contributed by atoms with E-state index in [1.54, 1.807) is 11.8 Å². The van der Waals surface area contributed by atoms with Gasteiger partial charge in [0.15, 0.2) is 0 Å². The first-order valence-electron chi connectivity index (χ1n) is 9.53. The Kier molecular flexibility index (Phi) is 8.65. The maximum absolute atomic E-state index is 11.6. The molecule has 2 aromatic rings. The lowest BCUT2D eigenvalue weighted by Crippen LogP contribution is -2.33. The minimum atomic E-state index is -4.02. The van der Waals surface area contributed by atoms with Gasteiger partial charge >= 0.3 is 0 Å². The van der Waals surface area contributed by atoms with Crippen LogP contribution in [0.15, 0.2) is 58.3 Å². The lowest BCUT2D eigenvalue weighted by Gasteiger charge is -2.25. The molecule has 0 amide bonds. The van der Waals surface area contributed by atoms with Crippen molar-refractivity contribution in [2.24, 2.45) is 5.14 Å². The SMILES string of the molecule is CC(C)N(C)CC[C@H](CSc1ccccc1)Nc1ccc(S(N)(=O)=O)cc1[N+](=O)[O-]. The molecule has 0 aliphatic heterocycles. The van der Waals surface area contributed by atoms with Gasteiger partial charge < -0.3 is 10.2 Å². The number of rotatable bonds is 11. The molecule has 0 spiro atoms. The van der Waals surface area contributed by atoms with Gasteiger partial charge in [0.25, 0.3) is 5.69 Å². The number of nitrogens with one attached hydrogen (secondary N) is 1. The summed E-state index contributed by atoms with van der Waals surface area (Å²) >= 11 is 1.66. The summed E-state index contributed by atoms with van der Waals surface area (Å²) in [5.74, 6) is 0.698. The highest BCUT2D eigenvalue weighted by Crippen LogP contribution is 2.29. The zero-order chi connectivity index (χ0) is 22.3. The van der Waals surface area contributed by atoms with Crippen LogP contribution in [0.5, 0.6) is 0 Å². The summed E-state index contributed by atoms with van der Waals surface area (Å²) in [7, 11) is -1.99. The minimum Gasteiger partial charge on any atom is -0.376 e. The number of hydrogen-bond acceptors (Lipinski definition) is 7. The van der Waals surface area contributed by atoms with Gasteiger partial charge in [-0.3, -0.25) is 10.1 Å². The first-order valence-corrected chi connectivity index (χ1v) is 12.1. The zero-order valence-corrected chi connectivity index (χ0v) is 18.9. The van der Waals surface area contributed by atoms with Crippen LogP contribution in [0.1, 0.15) is 20.3 Å². The van der Waals surface area contributed by atoms with E-state index in [4.69, 9.17) is 5.14 Å². The molecule has 0 unspecified atom stereocenters. The molecule has 3 N–H and O–H groups in total. The Balaban J connectivity index is 2.23. The van der Waals surface area contributed by atoms with E-state index in [1.807, 2.05) is 37.4 Å². The van der Waals surface area contributed by atoms with Crippen LogP contribution >= 0.6 is 11.8 Å². The molecule has 0 bridgehead atoms. The summed E-state index contributed by atoms with van der Waals surface area (Å²) in [5, 5.41) is 19.9. The molecule has 164 valence electrons. The molecule has 0 aliphatic carbocycles. The van der Waals surface area contributed by atoms with Gasteiger partial charge in [-0.25, -0.2) is 13.6 Å². The van der Waals surface area contributed by atoms with E-state index in [-0.39, 0.29) is 22.3 Å². The molecule has 10 heteroatoms. The number of benzene rings is 2. The number of thioether (sulfide) groups is 1. The Bertz CT molecular complexity index is 953. The van der Waals surface area contributed by atoms with Crippen molar-refractivity contribution in [2.75, 3.05) is 24.7 Å². The van der Waals surface area contributed by atoms with E-state index in [2.05, 4.69) is 24.1 Å². The number of hydrogen-bond donors (Lipinski definition) is 2. The average Bonchev–Trinajstić information content (AvgIpc) is 2.69. The van der Waals surface area contributed by atoms with Gasteiger partial charge in [0, 0.05) is 35.3 Å². The van der Waals surface area contributed by atoms with Crippen molar-refractivity contribution in [3.8, 4) is 0 Å². The predicted molar refractivity (Wildman–Crippen MR) is 121 cm³/mol. The largest absolute Gasteiger partial charge is 0.376 e. The third-order valence-corrected chi connectivity index (χ3v) is 6.85. The molecule has 0 saturated heterocycles. The van der Waals surface area contributed by atoms with E-state index < -0.39 is 14.9 Å². The Labute approximate surface area is 182 Å². The third-order valence-electron chi connectivity index (χ3n) is 4.76. The molecule has 2 aromatic carbocycles. The number of nitro benzene ring substituents is 1. The molecule has 30 heavy (non-hydrogen) atoms. The van der Waals surface area contributed by atoms with E-state index in [9.17, 15) is 18.5 Å². The van der Waals surface area contributed by atoms with Crippen LogP contribution in [0.2, 0.25) is 0 Å². The Hall–Kier alpha value is -2.14. The van der Waals surface area contributed by atoms with E-state index >= 15 is 0 Å². The highest BCUT2D eigenvalue weighted by Gasteiger charge is 2.22. The van der Waals surface area contributed by atoms with E-state index in [0.717, 1.165) is 23.9 Å². The summed E-state index contributed by atoms with van der Waals surface area (Å²) in [6.45, 7) is 5.03. The Morgan fingerprint density at radius 1 is 1.20 bits per heavy atom. The molecular weight excluding hydrogens is 424 g/mol. The number of anilines is 1. The topological polar surface area (TPSA) is 119 Å². The van der Waals surface area contributed by atoms with Gasteiger partial charge in [-0.1, -0.05) is 18.2 Å². The predicted octanol–water partition coefficient (Wildman–Crippen LogP) is 3.55. The number of nitrogens with two attached hydrogens (primary N) is 1. The van der Waals surface area contributed by atoms with Crippen molar-refractivity contribution in [3.05, 3.63) is 58.6 Å². The van der Waals surface area contributed by atoms with E-state index in [1.165, 1.54) is 12.1 Å². The minimum absolute atomic E-state index is 0.0598. The first-order chi connectivity index (χ1) is 14.1. The fourth-order valence-corrected chi connectivity index (χ4v) is 4.24. The summed E-state index contributed by atoms with van der Waals surface area (Å²) < 4.78 is 23.1. The second-order valence-corrected chi connectivity index (χ2v) is 9.96. The number of nitro groups is 1. The van der Waals surface area contributed by atoms with Crippen LogP contribution in [0.25, 0.3) is 0 Å². The molecule has 0 heterocycles. The summed E-state index contributed by atoms with van der Waals surface area (Å²) in [6.07, 6.45) is 0.766. The molecule has 0 aromatic heterocycles.